The van der Waals surface area contributed by atoms with Crippen LogP contribution in [0, 0.1) is 18.8 Å². The summed E-state index contributed by atoms with van der Waals surface area (Å²) in [7, 11) is 1.64. The van der Waals surface area contributed by atoms with Gasteiger partial charge in [-0.2, -0.15) is 0 Å². The molecular formula is C14H20O3. The van der Waals surface area contributed by atoms with E-state index in [9.17, 15) is 4.79 Å². The fraction of sp³-hybridized carbons (Fsp3) is 0.500. The van der Waals surface area contributed by atoms with Crippen LogP contribution in [0.1, 0.15) is 25.0 Å². The maximum Gasteiger partial charge on any atom is 0.307 e. The number of hydrogen-bond donors (Lipinski definition) is 1. The fourth-order valence-corrected chi connectivity index (χ4v) is 1.93. The molecule has 0 saturated heterocycles. The van der Waals surface area contributed by atoms with Crippen molar-refractivity contribution < 1.29 is 14.6 Å². The van der Waals surface area contributed by atoms with Gasteiger partial charge in [0.1, 0.15) is 5.75 Å². The molecule has 0 aromatic heterocycles. The van der Waals surface area contributed by atoms with Gasteiger partial charge >= 0.3 is 5.97 Å². The first-order valence-corrected chi connectivity index (χ1v) is 5.82. The normalized spacial score (nSPS) is 12.5. The van der Waals surface area contributed by atoms with Gasteiger partial charge in [-0.15, -0.1) is 0 Å². The minimum Gasteiger partial charge on any atom is -0.496 e. The second-order valence-electron chi connectivity index (χ2n) is 4.70. The predicted octanol–water partition coefficient (Wildman–Crippen LogP) is 2.90. The Morgan fingerprint density at radius 2 is 2.06 bits per heavy atom. The first-order chi connectivity index (χ1) is 7.95. The molecule has 3 heteroatoms. The van der Waals surface area contributed by atoms with Crippen LogP contribution in [0.4, 0.5) is 0 Å². The van der Waals surface area contributed by atoms with Gasteiger partial charge in [-0.05, 0) is 36.5 Å². The van der Waals surface area contributed by atoms with Crippen molar-refractivity contribution in [1.82, 2.24) is 0 Å². The highest BCUT2D eigenvalue weighted by atomic mass is 16.5. The Bertz CT molecular complexity index is 396. The zero-order valence-electron chi connectivity index (χ0n) is 10.9. The van der Waals surface area contributed by atoms with Gasteiger partial charge in [0.25, 0.3) is 0 Å². The minimum absolute atomic E-state index is 0.134. The summed E-state index contributed by atoms with van der Waals surface area (Å²) in [5.74, 6) is -0.0867. The monoisotopic (exact) mass is 236 g/mol. The van der Waals surface area contributed by atoms with E-state index in [0.29, 0.717) is 6.42 Å². The number of aliphatic carboxylic acids is 1. The zero-order chi connectivity index (χ0) is 13.0. The molecule has 0 saturated carbocycles. The number of rotatable bonds is 5. The van der Waals surface area contributed by atoms with Crippen molar-refractivity contribution in [2.24, 2.45) is 11.8 Å². The molecule has 1 aromatic carbocycles. The quantitative estimate of drug-likeness (QED) is 0.855. The van der Waals surface area contributed by atoms with E-state index in [1.54, 1.807) is 7.11 Å². The summed E-state index contributed by atoms with van der Waals surface area (Å²) in [5, 5.41) is 9.15. The SMILES string of the molecule is COc1ccc(CC(C(=O)O)C(C)C)cc1C. The van der Waals surface area contributed by atoms with Crippen LogP contribution in [-0.4, -0.2) is 18.2 Å². The number of benzene rings is 1. The van der Waals surface area contributed by atoms with Crippen LogP contribution in [0.5, 0.6) is 5.75 Å². The number of methoxy groups -OCH3 is 1. The third-order valence-electron chi connectivity index (χ3n) is 3.04. The maximum atomic E-state index is 11.1. The summed E-state index contributed by atoms with van der Waals surface area (Å²) in [6, 6.07) is 5.82. The van der Waals surface area contributed by atoms with Crippen molar-refractivity contribution in [1.29, 1.82) is 0 Å². The molecule has 1 rings (SSSR count). The molecule has 0 amide bonds. The average molecular weight is 236 g/mol. The number of carboxylic acids is 1. The Morgan fingerprint density at radius 1 is 1.41 bits per heavy atom. The van der Waals surface area contributed by atoms with Crippen molar-refractivity contribution in [2.75, 3.05) is 7.11 Å². The topological polar surface area (TPSA) is 46.5 Å². The number of carboxylic acid groups (broad SMARTS) is 1. The Hall–Kier alpha value is -1.51. The lowest BCUT2D eigenvalue weighted by atomic mass is 9.89. The van der Waals surface area contributed by atoms with Gasteiger partial charge in [-0.1, -0.05) is 26.0 Å². The highest BCUT2D eigenvalue weighted by molar-refractivity contribution is 5.70. The third-order valence-corrected chi connectivity index (χ3v) is 3.04. The van der Waals surface area contributed by atoms with Gasteiger partial charge in [0.15, 0.2) is 0 Å². The van der Waals surface area contributed by atoms with Crippen LogP contribution >= 0.6 is 0 Å². The number of aryl methyl sites for hydroxylation is 1. The first-order valence-electron chi connectivity index (χ1n) is 5.82. The lowest BCUT2D eigenvalue weighted by molar-refractivity contribution is -0.143. The molecule has 0 aliphatic carbocycles. The van der Waals surface area contributed by atoms with Gasteiger partial charge in [0, 0.05) is 0 Å². The zero-order valence-corrected chi connectivity index (χ0v) is 10.9. The maximum absolute atomic E-state index is 11.1. The summed E-state index contributed by atoms with van der Waals surface area (Å²) >= 11 is 0. The lowest BCUT2D eigenvalue weighted by Crippen LogP contribution is -2.22. The third kappa shape index (κ3) is 3.48. The van der Waals surface area contributed by atoms with E-state index in [2.05, 4.69) is 0 Å². The molecule has 0 fully saturated rings. The van der Waals surface area contributed by atoms with E-state index in [-0.39, 0.29) is 11.8 Å². The second-order valence-corrected chi connectivity index (χ2v) is 4.70. The molecule has 0 bridgehead atoms. The molecule has 17 heavy (non-hydrogen) atoms. The van der Waals surface area contributed by atoms with Crippen LogP contribution < -0.4 is 4.74 Å². The summed E-state index contributed by atoms with van der Waals surface area (Å²) in [6.45, 7) is 5.85. The van der Waals surface area contributed by atoms with Crippen LogP contribution in [0.25, 0.3) is 0 Å². The fourth-order valence-electron chi connectivity index (χ4n) is 1.93. The van der Waals surface area contributed by atoms with Crippen LogP contribution in [0.2, 0.25) is 0 Å². The van der Waals surface area contributed by atoms with Gasteiger partial charge in [-0.25, -0.2) is 0 Å². The molecule has 1 aromatic rings. The van der Waals surface area contributed by atoms with Gasteiger partial charge in [0.2, 0.25) is 0 Å². The van der Waals surface area contributed by atoms with E-state index >= 15 is 0 Å². The van der Waals surface area contributed by atoms with E-state index < -0.39 is 5.97 Å². The molecule has 94 valence electrons. The summed E-state index contributed by atoms with van der Waals surface area (Å²) < 4.78 is 5.18. The molecule has 3 nitrogen and oxygen atoms in total. The molecule has 0 radical (unpaired) electrons. The molecule has 0 heterocycles. The predicted molar refractivity (Wildman–Crippen MR) is 67.4 cm³/mol. The van der Waals surface area contributed by atoms with E-state index in [4.69, 9.17) is 9.84 Å². The molecule has 1 atom stereocenters. The number of ether oxygens (including phenoxy) is 1. The van der Waals surface area contributed by atoms with Gasteiger partial charge in [0.05, 0.1) is 13.0 Å². The molecule has 0 aliphatic heterocycles. The number of hydrogen-bond acceptors (Lipinski definition) is 2. The molecule has 0 aliphatic rings. The summed E-state index contributed by atoms with van der Waals surface area (Å²) in [6.07, 6.45) is 0.567. The van der Waals surface area contributed by atoms with Gasteiger partial charge in [-0.3, -0.25) is 4.79 Å². The Morgan fingerprint density at radius 3 is 2.47 bits per heavy atom. The van der Waals surface area contributed by atoms with Crippen molar-refractivity contribution in [3.63, 3.8) is 0 Å². The van der Waals surface area contributed by atoms with E-state index in [0.717, 1.165) is 16.9 Å². The Labute approximate surface area is 102 Å². The van der Waals surface area contributed by atoms with Crippen LogP contribution in [0.15, 0.2) is 18.2 Å². The standard InChI is InChI=1S/C14H20O3/c1-9(2)12(14(15)16)8-11-5-6-13(17-4)10(3)7-11/h5-7,9,12H,8H2,1-4H3,(H,15,16). The smallest absolute Gasteiger partial charge is 0.307 e. The van der Waals surface area contributed by atoms with Crippen LogP contribution in [0.3, 0.4) is 0 Å². The Balaban J connectivity index is 2.87. The van der Waals surface area contributed by atoms with Crippen molar-refractivity contribution in [2.45, 2.75) is 27.2 Å². The van der Waals surface area contributed by atoms with E-state index in [1.807, 2.05) is 39.0 Å². The van der Waals surface area contributed by atoms with Crippen molar-refractivity contribution in [3.05, 3.63) is 29.3 Å². The summed E-state index contributed by atoms with van der Waals surface area (Å²) in [4.78, 5) is 11.1. The Kier molecular flexibility index (Phi) is 4.55. The first kappa shape index (κ1) is 13.6. The molecule has 0 spiro atoms. The lowest BCUT2D eigenvalue weighted by Gasteiger charge is -2.16. The van der Waals surface area contributed by atoms with Crippen molar-refractivity contribution >= 4 is 5.97 Å². The largest absolute Gasteiger partial charge is 0.496 e. The highest BCUT2D eigenvalue weighted by Gasteiger charge is 2.21. The number of carbonyl (C=O) groups is 1. The van der Waals surface area contributed by atoms with Gasteiger partial charge < -0.3 is 9.84 Å². The van der Waals surface area contributed by atoms with Crippen molar-refractivity contribution in [3.8, 4) is 5.75 Å². The molecule has 1 N–H and O–H groups in total. The van der Waals surface area contributed by atoms with E-state index in [1.165, 1.54) is 0 Å². The minimum atomic E-state index is -0.728. The molecular weight excluding hydrogens is 216 g/mol. The van der Waals surface area contributed by atoms with Crippen LogP contribution in [-0.2, 0) is 11.2 Å². The average Bonchev–Trinajstić information content (AvgIpc) is 2.25. The molecule has 1 unspecified atom stereocenters. The highest BCUT2D eigenvalue weighted by Crippen LogP contribution is 2.23. The second kappa shape index (κ2) is 5.71. The summed E-state index contributed by atoms with van der Waals surface area (Å²) in [5.41, 5.74) is 2.09.